The third-order valence-corrected chi connectivity index (χ3v) is 7.32. The molecular formula is C25H33N5O. The van der Waals surface area contributed by atoms with E-state index in [2.05, 4.69) is 27.8 Å². The van der Waals surface area contributed by atoms with Crippen molar-refractivity contribution in [2.75, 3.05) is 24.5 Å². The number of piperidine rings is 1. The summed E-state index contributed by atoms with van der Waals surface area (Å²) >= 11 is 0. The van der Waals surface area contributed by atoms with E-state index in [9.17, 15) is 4.79 Å². The predicted octanol–water partition coefficient (Wildman–Crippen LogP) is 4.03. The van der Waals surface area contributed by atoms with Gasteiger partial charge in [-0.2, -0.15) is 0 Å². The second-order valence-corrected chi connectivity index (χ2v) is 9.40. The lowest BCUT2D eigenvalue weighted by Crippen LogP contribution is -2.41. The van der Waals surface area contributed by atoms with Crippen molar-refractivity contribution < 1.29 is 4.79 Å². The lowest BCUT2D eigenvalue weighted by Gasteiger charge is -2.35. The molecule has 0 aromatic carbocycles. The molecule has 6 heteroatoms. The summed E-state index contributed by atoms with van der Waals surface area (Å²) in [6, 6.07) is 6.09. The SMILES string of the molecule is Cc1nc(C2CCN(C(=O)C3CCCC3)CC2)nc2c1CCCN2Cc1ccccn1. The molecule has 31 heavy (non-hydrogen) atoms. The molecule has 2 aromatic heterocycles. The van der Waals surface area contributed by atoms with Gasteiger partial charge >= 0.3 is 0 Å². The van der Waals surface area contributed by atoms with E-state index >= 15 is 0 Å². The zero-order chi connectivity index (χ0) is 21.2. The number of aryl methyl sites for hydroxylation is 1. The first-order chi connectivity index (χ1) is 15.2. The normalized spacial score (nSPS) is 20.2. The highest BCUT2D eigenvalue weighted by Crippen LogP contribution is 2.34. The van der Waals surface area contributed by atoms with Crippen LogP contribution in [0.25, 0.3) is 0 Å². The molecule has 4 heterocycles. The first-order valence-corrected chi connectivity index (χ1v) is 12.0. The maximum absolute atomic E-state index is 12.8. The van der Waals surface area contributed by atoms with Crippen molar-refractivity contribution in [3.05, 3.63) is 47.2 Å². The van der Waals surface area contributed by atoms with Crippen LogP contribution in [0.2, 0.25) is 0 Å². The lowest BCUT2D eigenvalue weighted by molar-refractivity contribution is -0.136. The van der Waals surface area contributed by atoms with E-state index in [1.165, 1.54) is 18.4 Å². The number of amides is 1. The molecule has 0 radical (unpaired) electrons. The zero-order valence-corrected chi connectivity index (χ0v) is 18.6. The first kappa shape index (κ1) is 20.4. The van der Waals surface area contributed by atoms with Crippen molar-refractivity contribution in [3.63, 3.8) is 0 Å². The monoisotopic (exact) mass is 419 g/mol. The van der Waals surface area contributed by atoms with Crippen molar-refractivity contribution >= 4 is 11.7 Å². The zero-order valence-electron chi connectivity index (χ0n) is 18.6. The molecule has 6 nitrogen and oxygen atoms in total. The van der Waals surface area contributed by atoms with Gasteiger partial charge in [-0.15, -0.1) is 0 Å². The Kier molecular flexibility index (Phi) is 5.88. The van der Waals surface area contributed by atoms with Gasteiger partial charge in [0.1, 0.15) is 11.6 Å². The van der Waals surface area contributed by atoms with Gasteiger partial charge in [0.2, 0.25) is 5.91 Å². The van der Waals surface area contributed by atoms with Gasteiger partial charge in [-0.05, 0) is 57.6 Å². The Bertz CT molecular complexity index is 917. The lowest BCUT2D eigenvalue weighted by atomic mass is 9.93. The van der Waals surface area contributed by atoms with Crippen LogP contribution in [0.4, 0.5) is 5.82 Å². The highest BCUT2D eigenvalue weighted by atomic mass is 16.2. The van der Waals surface area contributed by atoms with Gasteiger partial charge in [-0.25, -0.2) is 9.97 Å². The minimum absolute atomic E-state index is 0.277. The number of rotatable bonds is 4. The van der Waals surface area contributed by atoms with Crippen LogP contribution in [-0.4, -0.2) is 45.4 Å². The fourth-order valence-corrected chi connectivity index (χ4v) is 5.52. The summed E-state index contributed by atoms with van der Waals surface area (Å²) < 4.78 is 0. The molecule has 1 saturated carbocycles. The average Bonchev–Trinajstić information content (AvgIpc) is 3.35. The van der Waals surface area contributed by atoms with Crippen molar-refractivity contribution in [2.24, 2.45) is 5.92 Å². The minimum atomic E-state index is 0.277. The summed E-state index contributed by atoms with van der Waals surface area (Å²) in [6.07, 6.45) is 10.6. The molecule has 2 aliphatic heterocycles. The Morgan fingerprint density at radius 1 is 1.03 bits per heavy atom. The molecule has 5 rings (SSSR count). The van der Waals surface area contributed by atoms with Crippen LogP contribution < -0.4 is 4.90 Å². The number of likely N-dealkylation sites (tertiary alicyclic amines) is 1. The average molecular weight is 420 g/mol. The quantitative estimate of drug-likeness (QED) is 0.749. The minimum Gasteiger partial charge on any atom is -0.350 e. The summed E-state index contributed by atoms with van der Waals surface area (Å²) in [7, 11) is 0. The summed E-state index contributed by atoms with van der Waals surface area (Å²) in [5, 5.41) is 0. The van der Waals surface area contributed by atoms with E-state index in [0.717, 1.165) is 87.7 Å². The number of hydrogen-bond acceptors (Lipinski definition) is 5. The van der Waals surface area contributed by atoms with Crippen LogP contribution in [-0.2, 0) is 17.8 Å². The van der Waals surface area contributed by atoms with Gasteiger partial charge in [0.25, 0.3) is 0 Å². The molecule has 1 saturated heterocycles. The number of hydrogen-bond donors (Lipinski definition) is 0. The van der Waals surface area contributed by atoms with Gasteiger partial charge in [-0.3, -0.25) is 9.78 Å². The highest BCUT2D eigenvalue weighted by molar-refractivity contribution is 5.79. The van der Waals surface area contributed by atoms with E-state index in [1.807, 2.05) is 18.3 Å². The fraction of sp³-hybridized carbons (Fsp3) is 0.600. The van der Waals surface area contributed by atoms with Crippen LogP contribution in [0.5, 0.6) is 0 Å². The first-order valence-electron chi connectivity index (χ1n) is 12.0. The van der Waals surface area contributed by atoms with Gasteiger partial charge in [0.05, 0.1) is 12.2 Å². The van der Waals surface area contributed by atoms with Gasteiger partial charge in [0, 0.05) is 48.9 Å². The summed E-state index contributed by atoms with van der Waals surface area (Å²) in [4.78, 5) is 31.8. The Labute approximate surface area is 185 Å². The standard InChI is InChI=1S/C25H33N5O/c1-18-22-10-6-14-30(17-21-9-4-5-13-26-21)24(22)28-23(27-18)19-11-15-29(16-12-19)25(31)20-7-2-3-8-20/h4-5,9,13,19-20H,2-3,6-8,10-12,14-17H2,1H3. The summed E-state index contributed by atoms with van der Waals surface area (Å²) in [5.74, 6) is 3.08. The Morgan fingerprint density at radius 3 is 2.58 bits per heavy atom. The predicted molar refractivity (Wildman–Crippen MR) is 121 cm³/mol. The van der Waals surface area contributed by atoms with Crippen molar-refractivity contribution in [2.45, 2.75) is 70.8 Å². The van der Waals surface area contributed by atoms with Crippen LogP contribution in [0.3, 0.4) is 0 Å². The number of fused-ring (bicyclic) bond motifs is 1. The van der Waals surface area contributed by atoms with Crippen LogP contribution in [0.15, 0.2) is 24.4 Å². The number of pyridine rings is 1. The van der Waals surface area contributed by atoms with E-state index in [1.54, 1.807) is 0 Å². The fourth-order valence-electron chi connectivity index (χ4n) is 5.52. The van der Waals surface area contributed by atoms with E-state index in [0.29, 0.717) is 11.8 Å². The third kappa shape index (κ3) is 4.30. The molecule has 0 bridgehead atoms. The smallest absolute Gasteiger partial charge is 0.225 e. The highest BCUT2D eigenvalue weighted by Gasteiger charge is 2.32. The Balaban J connectivity index is 1.31. The number of carbonyl (C=O) groups is 1. The maximum Gasteiger partial charge on any atom is 0.225 e. The summed E-state index contributed by atoms with van der Waals surface area (Å²) in [6.45, 7) is 5.62. The molecular weight excluding hydrogens is 386 g/mol. The van der Waals surface area contributed by atoms with Gasteiger partial charge in [-0.1, -0.05) is 18.9 Å². The Hall–Kier alpha value is -2.50. The number of carbonyl (C=O) groups excluding carboxylic acids is 1. The van der Waals surface area contributed by atoms with Gasteiger partial charge < -0.3 is 9.80 Å². The molecule has 2 fully saturated rings. The molecule has 0 unspecified atom stereocenters. The van der Waals surface area contributed by atoms with E-state index < -0.39 is 0 Å². The topological polar surface area (TPSA) is 62.2 Å². The second-order valence-electron chi connectivity index (χ2n) is 9.40. The van der Waals surface area contributed by atoms with Crippen LogP contribution in [0.1, 0.15) is 73.6 Å². The van der Waals surface area contributed by atoms with Gasteiger partial charge in [0.15, 0.2) is 0 Å². The third-order valence-electron chi connectivity index (χ3n) is 7.32. The molecule has 3 aliphatic rings. The molecule has 1 amide bonds. The molecule has 2 aromatic rings. The molecule has 1 aliphatic carbocycles. The van der Waals surface area contributed by atoms with E-state index in [-0.39, 0.29) is 5.92 Å². The summed E-state index contributed by atoms with van der Waals surface area (Å²) in [5.41, 5.74) is 3.49. The number of aromatic nitrogens is 3. The van der Waals surface area contributed by atoms with E-state index in [4.69, 9.17) is 9.97 Å². The van der Waals surface area contributed by atoms with Crippen molar-refractivity contribution in [1.29, 1.82) is 0 Å². The number of nitrogens with zero attached hydrogens (tertiary/aromatic N) is 5. The molecule has 0 spiro atoms. The largest absolute Gasteiger partial charge is 0.350 e. The molecule has 0 N–H and O–H groups in total. The molecule has 0 atom stereocenters. The maximum atomic E-state index is 12.8. The van der Waals surface area contributed by atoms with Crippen molar-refractivity contribution in [3.8, 4) is 0 Å². The number of anilines is 1. The Morgan fingerprint density at radius 2 is 1.84 bits per heavy atom. The second kappa shape index (κ2) is 8.93. The molecule has 164 valence electrons. The van der Waals surface area contributed by atoms with Crippen molar-refractivity contribution in [1.82, 2.24) is 19.9 Å². The van der Waals surface area contributed by atoms with Crippen LogP contribution >= 0.6 is 0 Å². The van der Waals surface area contributed by atoms with Crippen LogP contribution in [0, 0.1) is 12.8 Å².